The largest absolute Gasteiger partial charge is 0.488 e. The molecule has 0 spiro atoms. The van der Waals surface area contributed by atoms with Gasteiger partial charge in [-0.2, -0.15) is 0 Å². The molecule has 2 aromatic heterocycles. The van der Waals surface area contributed by atoms with Crippen LogP contribution in [0, 0.1) is 6.92 Å². The van der Waals surface area contributed by atoms with Crippen molar-refractivity contribution in [2.45, 2.75) is 26.6 Å². The number of hydrogen-bond acceptors (Lipinski definition) is 7. The Kier molecular flexibility index (Phi) is 7.62. The molecule has 0 aliphatic heterocycles. The van der Waals surface area contributed by atoms with Gasteiger partial charge in [-0.15, -0.1) is 6.58 Å². The van der Waals surface area contributed by atoms with Crippen molar-refractivity contribution < 1.29 is 18.7 Å². The zero-order chi connectivity index (χ0) is 20.5. The molecule has 2 N–H and O–H groups in total. The molecule has 2 heterocycles. The number of aryl methyl sites for hydroxylation is 1. The van der Waals surface area contributed by atoms with Crippen LogP contribution in [0.4, 0.5) is 10.1 Å². The van der Waals surface area contributed by atoms with Crippen molar-refractivity contribution in [1.82, 2.24) is 9.97 Å². The zero-order valence-electron chi connectivity index (χ0n) is 15.9. The van der Waals surface area contributed by atoms with Gasteiger partial charge in [0.15, 0.2) is 11.9 Å². The summed E-state index contributed by atoms with van der Waals surface area (Å²) in [5.41, 5.74) is 8.32. The van der Waals surface area contributed by atoms with Crippen LogP contribution in [0.5, 0.6) is 5.75 Å². The summed E-state index contributed by atoms with van der Waals surface area (Å²) in [6.07, 6.45) is 4.39. The number of pyridine rings is 2. The van der Waals surface area contributed by atoms with E-state index in [0.717, 1.165) is 5.56 Å². The highest BCUT2D eigenvalue weighted by atomic mass is 19.1. The van der Waals surface area contributed by atoms with Crippen LogP contribution in [0.3, 0.4) is 0 Å². The molecule has 1 atom stereocenters. The number of rotatable bonds is 9. The normalized spacial score (nSPS) is 12.0. The van der Waals surface area contributed by atoms with E-state index in [1.807, 2.05) is 6.92 Å². The van der Waals surface area contributed by atoms with Crippen molar-refractivity contribution >= 4 is 17.9 Å². The van der Waals surface area contributed by atoms with Crippen molar-refractivity contribution in [2.75, 3.05) is 18.9 Å². The number of hydrogen-bond donors (Lipinski definition) is 1. The number of nitrogens with two attached hydrogens (primary N) is 1. The van der Waals surface area contributed by atoms with E-state index in [1.165, 1.54) is 24.7 Å². The second kappa shape index (κ2) is 10.1. The number of carbonyl (C=O) groups is 1. The van der Waals surface area contributed by atoms with Gasteiger partial charge in [0.25, 0.3) is 0 Å². The first-order valence-electron chi connectivity index (χ1n) is 8.72. The summed E-state index contributed by atoms with van der Waals surface area (Å²) in [6, 6.07) is 3.38. The standard InChI is InChI=1S/C20H23FN4O3/c1-4-14(21)12-28-18-11-25-15(8-13(18)3)9-23-10-16-17(22)6-7-24-19(16)20(26)27-5-2/h4,6-8,10-11,14H,1,5,9,12H2,2-3H3,(H2,22,24). The molecule has 0 saturated carbocycles. The molecular formula is C20H23FN4O3. The smallest absolute Gasteiger partial charge is 0.357 e. The van der Waals surface area contributed by atoms with E-state index >= 15 is 0 Å². The Morgan fingerprint density at radius 3 is 2.93 bits per heavy atom. The number of esters is 1. The molecule has 28 heavy (non-hydrogen) atoms. The monoisotopic (exact) mass is 386 g/mol. The molecule has 0 aliphatic carbocycles. The summed E-state index contributed by atoms with van der Waals surface area (Å²) in [6.45, 7) is 7.31. The summed E-state index contributed by atoms with van der Waals surface area (Å²) >= 11 is 0. The molecule has 0 saturated heterocycles. The van der Waals surface area contributed by atoms with Crippen molar-refractivity contribution in [3.63, 3.8) is 0 Å². The lowest BCUT2D eigenvalue weighted by molar-refractivity contribution is 0.0519. The van der Waals surface area contributed by atoms with Crippen LogP contribution < -0.4 is 10.5 Å². The first kappa shape index (κ1) is 21.0. The number of ether oxygens (including phenoxy) is 2. The lowest BCUT2D eigenvalue weighted by Crippen LogP contribution is -2.12. The molecule has 0 bridgehead atoms. The van der Waals surface area contributed by atoms with Crippen LogP contribution in [-0.4, -0.2) is 41.5 Å². The van der Waals surface area contributed by atoms with E-state index in [1.54, 1.807) is 19.1 Å². The van der Waals surface area contributed by atoms with E-state index in [9.17, 15) is 9.18 Å². The van der Waals surface area contributed by atoms with E-state index in [-0.39, 0.29) is 25.5 Å². The average Bonchev–Trinajstić information content (AvgIpc) is 2.68. The number of nitrogen functional groups attached to an aromatic ring is 1. The molecule has 7 nitrogen and oxygen atoms in total. The molecule has 1 unspecified atom stereocenters. The van der Waals surface area contributed by atoms with Gasteiger partial charge < -0.3 is 15.2 Å². The summed E-state index contributed by atoms with van der Waals surface area (Å²) in [5, 5.41) is 0. The van der Waals surface area contributed by atoms with Gasteiger partial charge in [-0.3, -0.25) is 9.98 Å². The quantitative estimate of drug-likeness (QED) is 0.404. The maximum Gasteiger partial charge on any atom is 0.357 e. The van der Waals surface area contributed by atoms with E-state index in [4.69, 9.17) is 15.2 Å². The fourth-order valence-electron chi connectivity index (χ4n) is 2.29. The van der Waals surface area contributed by atoms with Crippen molar-refractivity contribution in [2.24, 2.45) is 4.99 Å². The van der Waals surface area contributed by atoms with Crippen LogP contribution in [-0.2, 0) is 11.3 Å². The van der Waals surface area contributed by atoms with Crippen LogP contribution in [0.15, 0.2) is 42.2 Å². The fraction of sp³-hybridized carbons (Fsp3) is 0.300. The van der Waals surface area contributed by atoms with Crippen LogP contribution in [0.2, 0.25) is 0 Å². The molecule has 0 aromatic carbocycles. The fourth-order valence-corrected chi connectivity index (χ4v) is 2.29. The third kappa shape index (κ3) is 5.60. The molecular weight excluding hydrogens is 363 g/mol. The number of carbonyl (C=O) groups excluding carboxylic acids is 1. The molecule has 0 aliphatic rings. The van der Waals surface area contributed by atoms with Gasteiger partial charge in [0.05, 0.1) is 25.0 Å². The van der Waals surface area contributed by atoms with Crippen LogP contribution in [0.25, 0.3) is 0 Å². The highest BCUT2D eigenvalue weighted by Gasteiger charge is 2.15. The second-order valence-corrected chi connectivity index (χ2v) is 5.86. The van der Waals surface area contributed by atoms with Crippen LogP contribution in [0.1, 0.15) is 34.2 Å². The molecule has 0 radical (unpaired) electrons. The Balaban J connectivity index is 2.10. The number of aromatic nitrogens is 2. The Morgan fingerprint density at radius 2 is 2.25 bits per heavy atom. The molecule has 148 valence electrons. The maximum absolute atomic E-state index is 13.2. The summed E-state index contributed by atoms with van der Waals surface area (Å²) in [4.78, 5) is 24.6. The number of anilines is 1. The number of aliphatic imine (C=N–C) groups is 1. The van der Waals surface area contributed by atoms with Gasteiger partial charge in [-0.05, 0) is 31.5 Å². The summed E-state index contributed by atoms with van der Waals surface area (Å²) in [7, 11) is 0. The van der Waals surface area contributed by atoms with Crippen molar-refractivity contribution in [3.8, 4) is 5.75 Å². The van der Waals surface area contributed by atoms with E-state index in [0.29, 0.717) is 22.7 Å². The van der Waals surface area contributed by atoms with Crippen molar-refractivity contribution in [3.05, 3.63) is 59.7 Å². The SMILES string of the molecule is C=CC(F)COc1cnc(CN=Cc2c(N)ccnc2C(=O)OCC)cc1C. The lowest BCUT2D eigenvalue weighted by atomic mass is 10.1. The first-order chi connectivity index (χ1) is 13.5. The highest BCUT2D eigenvalue weighted by Crippen LogP contribution is 2.18. The highest BCUT2D eigenvalue weighted by molar-refractivity contribution is 6.01. The zero-order valence-corrected chi connectivity index (χ0v) is 15.9. The second-order valence-electron chi connectivity index (χ2n) is 5.86. The minimum Gasteiger partial charge on any atom is -0.488 e. The average molecular weight is 386 g/mol. The Hall–Kier alpha value is -3.29. The van der Waals surface area contributed by atoms with Gasteiger partial charge in [0.1, 0.15) is 12.4 Å². The molecule has 2 aromatic rings. The summed E-state index contributed by atoms with van der Waals surface area (Å²) < 4.78 is 23.6. The topological polar surface area (TPSA) is 99.7 Å². The van der Waals surface area contributed by atoms with Gasteiger partial charge in [-0.1, -0.05) is 6.08 Å². The minimum absolute atomic E-state index is 0.111. The third-order valence-corrected chi connectivity index (χ3v) is 3.74. The molecule has 2 rings (SSSR count). The van der Waals surface area contributed by atoms with Crippen LogP contribution >= 0.6 is 0 Å². The van der Waals surface area contributed by atoms with Gasteiger partial charge in [0.2, 0.25) is 0 Å². The Labute approximate surface area is 163 Å². The molecule has 0 fully saturated rings. The Bertz CT molecular complexity index is 871. The van der Waals surface area contributed by atoms with Gasteiger partial charge >= 0.3 is 5.97 Å². The Morgan fingerprint density at radius 1 is 1.46 bits per heavy atom. The summed E-state index contributed by atoms with van der Waals surface area (Å²) in [5.74, 6) is -0.0595. The number of nitrogens with zero attached hydrogens (tertiary/aromatic N) is 3. The maximum atomic E-state index is 13.2. The van der Waals surface area contributed by atoms with Crippen molar-refractivity contribution in [1.29, 1.82) is 0 Å². The van der Waals surface area contributed by atoms with Gasteiger partial charge in [0, 0.05) is 23.7 Å². The molecule has 0 amide bonds. The van der Waals surface area contributed by atoms with E-state index in [2.05, 4.69) is 21.5 Å². The predicted molar refractivity (Wildman–Crippen MR) is 105 cm³/mol. The molecule has 8 heteroatoms. The number of halogens is 1. The third-order valence-electron chi connectivity index (χ3n) is 3.74. The van der Waals surface area contributed by atoms with Gasteiger partial charge in [-0.25, -0.2) is 14.2 Å². The minimum atomic E-state index is -1.23. The first-order valence-corrected chi connectivity index (χ1v) is 8.72. The number of alkyl halides is 1. The van der Waals surface area contributed by atoms with E-state index < -0.39 is 12.1 Å². The predicted octanol–water partition coefficient (Wildman–Crippen LogP) is 3.07. The lowest BCUT2D eigenvalue weighted by Gasteiger charge is -2.10.